The van der Waals surface area contributed by atoms with Gasteiger partial charge in [0.2, 0.25) is 5.91 Å². The SMILES string of the molecule is C[C@H](CNC(=O)Cc1ccc(Br)cc1)Cn1ccnc1. The lowest BCUT2D eigenvalue weighted by Gasteiger charge is -2.13. The van der Waals surface area contributed by atoms with Crippen molar-refractivity contribution in [1.29, 1.82) is 0 Å². The lowest BCUT2D eigenvalue weighted by molar-refractivity contribution is -0.120. The van der Waals surface area contributed by atoms with Crippen LogP contribution in [0, 0.1) is 5.92 Å². The van der Waals surface area contributed by atoms with E-state index in [-0.39, 0.29) is 5.91 Å². The van der Waals surface area contributed by atoms with Gasteiger partial charge in [0.1, 0.15) is 0 Å². The summed E-state index contributed by atoms with van der Waals surface area (Å²) >= 11 is 3.38. The lowest BCUT2D eigenvalue weighted by Crippen LogP contribution is -2.31. The third-order valence-electron chi connectivity index (χ3n) is 3.01. The minimum atomic E-state index is 0.0600. The second kappa shape index (κ2) is 7.24. The molecular formula is C15H18BrN3O. The number of halogens is 1. The number of carbonyl (C=O) groups excluding carboxylic acids is 1. The smallest absolute Gasteiger partial charge is 0.224 e. The molecule has 1 atom stereocenters. The summed E-state index contributed by atoms with van der Waals surface area (Å²) in [4.78, 5) is 15.9. The number of benzene rings is 1. The van der Waals surface area contributed by atoms with Gasteiger partial charge in [-0.1, -0.05) is 35.0 Å². The summed E-state index contributed by atoms with van der Waals surface area (Å²) in [6, 6.07) is 7.81. The van der Waals surface area contributed by atoms with Gasteiger partial charge in [-0.2, -0.15) is 0 Å². The number of aromatic nitrogens is 2. The van der Waals surface area contributed by atoms with E-state index in [1.54, 1.807) is 12.5 Å². The first-order valence-electron chi connectivity index (χ1n) is 6.60. The van der Waals surface area contributed by atoms with Crippen molar-refractivity contribution < 1.29 is 4.79 Å². The van der Waals surface area contributed by atoms with Gasteiger partial charge in [-0.3, -0.25) is 4.79 Å². The Balaban J connectivity index is 1.73. The molecule has 2 rings (SSSR count). The maximum atomic E-state index is 11.9. The van der Waals surface area contributed by atoms with Crippen molar-refractivity contribution >= 4 is 21.8 Å². The molecule has 2 aromatic rings. The molecule has 0 saturated carbocycles. The van der Waals surface area contributed by atoms with E-state index >= 15 is 0 Å². The second-order valence-electron chi connectivity index (χ2n) is 4.97. The number of nitrogens with zero attached hydrogens (tertiary/aromatic N) is 2. The van der Waals surface area contributed by atoms with Crippen LogP contribution in [0.4, 0.5) is 0 Å². The maximum Gasteiger partial charge on any atom is 0.224 e. The Morgan fingerprint density at radius 1 is 1.40 bits per heavy atom. The van der Waals surface area contributed by atoms with Crippen LogP contribution in [0.3, 0.4) is 0 Å². The first-order chi connectivity index (χ1) is 9.63. The van der Waals surface area contributed by atoms with Crippen molar-refractivity contribution in [3.8, 4) is 0 Å². The van der Waals surface area contributed by atoms with Crippen molar-refractivity contribution in [3.63, 3.8) is 0 Å². The molecule has 1 amide bonds. The Bertz CT molecular complexity index is 537. The van der Waals surface area contributed by atoms with Crippen molar-refractivity contribution in [2.75, 3.05) is 6.54 Å². The highest BCUT2D eigenvalue weighted by atomic mass is 79.9. The van der Waals surface area contributed by atoms with E-state index in [0.717, 1.165) is 16.6 Å². The van der Waals surface area contributed by atoms with Gasteiger partial charge >= 0.3 is 0 Å². The highest BCUT2D eigenvalue weighted by Gasteiger charge is 2.07. The van der Waals surface area contributed by atoms with Gasteiger partial charge in [0.25, 0.3) is 0 Å². The zero-order chi connectivity index (χ0) is 14.4. The normalized spacial score (nSPS) is 12.1. The van der Waals surface area contributed by atoms with Gasteiger partial charge in [-0.25, -0.2) is 4.98 Å². The molecule has 1 N–H and O–H groups in total. The maximum absolute atomic E-state index is 11.9. The predicted molar refractivity (Wildman–Crippen MR) is 82.2 cm³/mol. The molecule has 0 bridgehead atoms. The molecule has 0 aliphatic carbocycles. The lowest BCUT2D eigenvalue weighted by atomic mass is 10.1. The fraction of sp³-hybridized carbons (Fsp3) is 0.333. The summed E-state index contributed by atoms with van der Waals surface area (Å²) in [5.74, 6) is 0.433. The fourth-order valence-corrected chi connectivity index (χ4v) is 2.22. The summed E-state index contributed by atoms with van der Waals surface area (Å²) < 4.78 is 3.04. The van der Waals surface area contributed by atoms with E-state index in [2.05, 4.69) is 33.2 Å². The van der Waals surface area contributed by atoms with Crippen LogP contribution in [-0.4, -0.2) is 22.0 Å². The molecule has 0 fully saturated rings. The van der Waals surface area contributed by atoms with Crippen LogP contribution in [0.5, 0.6) is 0 Å². The molecule has 0 unspecified atom stereocenters. The number of amides is 1. The van der Waals surface area contributed by atoms with E-state index in [4.69, 9.17) is 0 Å². The number of imidazole rings is 1. The Labute approximate surface area is 127 Å². The first kappa shape index (κ1) is 14.8. The third kappa shape index (κ3) is 4.81. The highest BCUT2D eigenvalue weighted by molar-refractivity contribution is 9.10. The molecule has 0 saturated heterocycles. The van der Waals surface area contributed by atoms with Crippen LogP contribution in [0.1, 0.15) is 12.5 Å². The molecule has 0 spiro atoms. The average Bonchev–Trinajstić information content (AvgIpc) is 2.92. The molecule has 106 valence electrons. The zero-order valence-electron chi connectivity index (χ0n) is 11.4. The molecule has 0 aliphatic rings. The van der Waals surface area contributed by atoms with E-state index in [1.807, 2.05) is 35.0 Å². The molecule has 4 nitrogen and oxygen atoms in total. The largest absolute Gasteiger partial charge is 0.355 e. The molecular weight excluding hydrogens is 318 g/mol. The number of hydrogen-bond donors (Lipinski definition) is 1. The van der Waals surface area contributed by atoms with Gasteiger partial charge in [0, 0.05) is 30.0 Å². The molecule has 0 aliphatic heterocycles. The average molecular weight is 336 g/mol. The van der Waals surface area contributed by atoms with E-state index < -0.39 is 0 Å². The Morgan fingerprint density at radius 2 is 2.15 bits per heavy atom. The minimum absolute atomic E-state index is 0.0600. The number of nitrogens with one attached hydrogen (secondary N) is 1. The van der Waals surface area contributed by atoms with Gasteiger partial charge in [-0.05, 0) is 23.6 Å². The monoisotopic (exact) mass is 335 g/mol. The van der Waals surface area contributed by atoms with Crippen molar-refractivity contribution in [3.05, 3.63) is 53.0 Å². The molecule has 0 radical (unpaired) electrons. The summed E-state index contributed by atoms with van der Waals surface area (Å²) in [7, 11) is 0. The van der Waals surface area contributed by atoms with E-state index in [9.17, 15) is 4.79 Å². The Hall–Kier alpha value is -1.62. The number of carbonyl (C=O) groups is 1. The number of rotatable bonds is 6. The summed E-state index contributed by atoms with van der Waals surface area (Å²) in [6.07, 6.45) is 5.91. The highest BCUT2D eigenvalue weighted by Crippen LogP contribution is 2.10. The van der Waals surface area contributed by atoms with Crippen molar-refractivity contribution in [2.24, 2.45) is 5.92 Å². The molecule has 1 heterocycles. The van der Waals surface area contributed by atoms with Gasteiger partial charge < -0.3 is 9.88 Å². The standard InChI is InChI=1S/C15H18BrN3O/c1-12(10-19-7-6-17-11-19)9-18-15(20)8-13-2-4-14(16)5-3-13/h2-7,11-12H,8-10H2,1H3,(H,18,20)/t12-/m1/s1. The predicted octanol–water partition coefficient (Wildman–Crippen LogP) is 2.64. The van der Waals surface area contributed by atoms with E-state index in [0.29, 0.717) is 18.9 Å². The second-order valence-corrected chi connectivity index (χ2v) is 5.89. The van der Waals surface area contributed by atoms with Crippen molar-refractivity contribution in [2.45, 2.75) is 19.9 Å². The van der Waals surface area contributed by atoms with E-state index in [1.165, 1.54) is 0 Å². The minimum Gasteiger partial charge on any atom is -0.355 e. The fourth-order valence-electron chi connectivity index (χ4n) is 1.96. The van der Waals surface area contributed by atoms with Crippen molar-refractivity contribution in [1.82, 2.24) is 14.9 Å². The van der Waals surface area contributed by atoms with Gasteiger partial charge in [0.15, 0.2) is 0 Å². The summed E-state index contributed by atoms with van der Waals surface area (Å²) in [6.45, 7) is 3.64. The quantitative estimate of drug-likeness (QED) is 0.882. The van der Waals surface area contributed by atoms with Gasteiger partial charge in [-0.15, -0.1) is 0 Å². The first-order valence-corrected chi connectivity index (χ1v) is 7.39. The summed E-state index contributed by atoms with van der Waals surface area (Å²) in [5, 5.41) is 2.97. The molecule has 1 aromatic heterocycles. The van der Waals surface area contributed by atoms with Gasteiger partial charge in [0.05, 0.1) is 12.7 Å². The van der Waals surface area contributed by atoms with Crippen LogP contribution in [-0.2, 0) is 17.8 Å². The Morgan fingerprint density at radius 3 is 2.80 bits per heavy atom. The number of hydrogen-bond acceptors (Lipinski definition) is 2. The molecule has 5 heteroatoms. The molecule has 1 aromatic carbocycles. The van der Waals surface area contributed by atoms with Crippen LogP contribution in [0.15, 0.2) is 47.5 Å². The molecule has 20 heavy (non-hydrogen) atoms. The third-order valence-corrected chi connectivity index (χ3v) is 3.54. The van der Waals surface area contributed by atoms with Crippen LogP contribution >= 0.6 is 15.9 Å². The van der Waals surface area contributed by atoms with Crippen LogP contribution < -0.4 is 5.32 Å². The zero-order valence-corrected chi connectivity index (χ0v) is 13.0. The summed E-state index contributed by atoms with van der Waals surface area (Å²) in [5.41, 5.74) is 1.02. The van der Waals surface area contributed by atoms with Crippen LogP contribution in [0.2, 0.25) is 0 Å². The van der Waals surface area contributed by atoms with Crippen LogP contribution in [0.25, 0.3) is 0 Å². The topological polar surface area (TPSA) is 46.9 Å². The Kier molecular flexibility index (Phi) is 5.35.